The Morgan fingerprint density at radius 1 is 1.24 bits per heavy atom. The maximum absolute atomic E-state index is 12.9. The molecular formula is C20H17BrN6O2. The SMILES string of the molecule is O=C(CN1CC2(CC2)c2cc(Br)ccc2C1=O)Nc1ncc(-n2cccn2)cn1. The Kier molecular flexibility index (Phi) is 4.20. The predicted molar refractivity (Wildman–Crippen MR) is 109 cm³/mol. The van der Waals surface area contributed by atoms with Crippen molar-refractivity contribution in [2.75, 3.05) is 18.4 Å². The van der Waals surface area contributed by atoms with Crippen LogP contribution in [0.4, 0.5) is 5.95 Å². The molecule has 2 aliphatic rings. The average molecular weight is 453 g/mol. The quantitative estimate of drug-likeness (QED) is 0.656. The molecule has 146 valence electrons. The number of amides is 2. The van der Waals surface area contributed by atoms with E-state index >= 15 is 0 Å². The molecule has 0 unspecified atom stereocenters. The summed E-state index contributed by atoms with van der Waals surface area (Å²) >= 11 is 3.49. The minimum atomic E-state index is -0.318. The van der Waals surface area contributed by atoms with Crippen LogP contribution in [-0.4, -0.2) is 49.6 Å². The number of nitrogens with one attached hydrogen (secondary N) is 1. The average Bonchev–Trinajstić information content (AvgIpc) is 3.27. The van der Waals surface area contributed by atoms with Crippen LogP contribution >= 0.6 is 15.9 Å². The van der Waals surface area contributed by atoms with Crippen LogP contribution in [0, 0.1) is 0 Å². The molecular weight excluding hydrogens is 436 g/mol. The third-order valence-electron chi connectivity index (χ3n) is 5.41. The van der Waals surface area contributed by atoms with E-state index in [2.05, 4.69) is 36.3 Å². The van der Waals surface area contributed by atoms with Crippen molar-refractivity contribution in [2.24, 2.45) is 0 Å². The van der Waals surface area contributed by atoms with Crippen LogP contribution in [-0.2, 0) is 10.2 Å². The molecule has 1 N–H and O–H groups in total. The molecule has 2 amide bonds. The molecule has 5 rings (SSSR count). The molecule has 1 saturated carbocycles. The zero-order chi connectivity index (χ0) is 20.0. The Bertz CT molecular complexity index is 1090. The Balaban J connectivity index is 1.29. The normalized spacial score (nSPS) is 16.6. The molecule has 1 aliphatic heterocycles. The van der Waals surface area contributed by atoms with Crippen LogP contribution in [0.15, 0.2) is 53.5 Å². The van der Waals surface area contributed by atoms with Gasteiger partial charge in [-0.05, 0) is 42.7 Å². The number of hydrogen-bond acceptors (Lipinski definition) is 5. The lowest BCUT2D eigenvalue weighted by Crippen LogP contribution is -2.46. The molecule has 0 saturated heterocycles. The maximum atomic E-state index is 12.9. The van der Waals surface area contributed by atoms with Gasteiger partial charge in [0.1, 0.15) is 12.2 Å². The largest absolute Gasteiger partial charge is 0.328 e. The van der Waals surface area contributed by atoms with Gasteiger partial charge in [-0.2, -0.15) is 5.10 Å². The molecule has 1 fully saturated rings. The molecule has 1 aliphatic carbocycles. The number of carbonyl (C=O) groups is 2. The molecule has 3 heterocycles. The summed E-state index contributed by atoms with van der Waals surface area (Å²) in [4.78, 5) is 35.4. The second-order valence-corrected chi connectivity index (χ2v) is 8.31. The fourth-order valence-electron chi connectivity index (χ4n) is 3.80. The molecule has 0 atom stereocenters. The van der Waals surface area contributed by atoms with Crippen molar-refractivity contribution in [3.8, 4) is 5.69 Å². The van der Waals surface area contributed by atoms with Gasteiger partial charge >= 0.3 is 0 Å². The highest BCUT2D eigenvalue weighted by atomic mass is 79.9. The summed E-state index contributed by atoms with van der Waals surface area (Å²) in [5, 5.41) is 6.78. The van der Waals surface area contributed by atoms with Crippen LogP contribution in [0.25, 0.3) is 5.69 Å². The van der Waals surface area contributed by atoms with Crippen molar-refractivity contribution in [3.63, 3.8) is 0 Å². The molecule has 0 radical (unpaired) electrons. The molecule has 9 heteroatoms. The summed E-state index contributed by atoms with van der Waals surface area (Å²) in [5.74, 6) is -0.238. The van der Waals surface area contributed by atoms with Gasteiger partial charge < -0.3 is 4.90 Å². The Hall–Kier alpha value is -3.07. The number of benzene rings is 1. The molecule has 0 bridgehead atoms. The van der Waals surface area contributed by atoms with Crippen molar-refractivity contribution in [1.29, 1.82) is 0 Å². The van der Waals surface area contributed by atoms with E-state index in [0.29, 0.717) is 17.8 Å². The van der Waals surface area contributed by atoms with E-state index in [1.54, 1.807) is 40.4 Å². The van der Waals surface area contributed by atoms with Crippen molar-refractivity contribution in [3.05, 3.63) is 64.7 Å². The van der Waals surface area contributed by atoms with Gasteiger partial charge in [-0.15, -0.1) is 0 Å². The minimum absolute atomic E-state index is 0.0186. The highest BCUT2D eigenvalue weighted by Gasteiger charge is 2.51. The first-order chi connectivity index (χ1) is 14.0. The van der Waals surface area contributed by atoms with Gasteiger partial charge in [0, 0.05) is 34.4 Å². The highest BCUT2D eigenvalue weighted by Crippen LogP contribution is 2.52. The van der Waals surface area contributed by atoms with E-state index in [1.165, 1.54) is 0 Å². The Morgan fingerprint density at radius 3 is 2.72 bits per heavy atom. The van der Waals surface area contributed by atoms with Gasteiger partial charge in [0.2, 0.25) is 11.9 Å². The standard InChI is InChI=1S/C20H17BrN6O2/c21-13-2-3-15-16(8-13)20(4-5-20)12-26(18(15)29)11-17(28)25-19-22-9-14(10-23-19)27-7-1-6-24-27/h1-3,6-10H,4-5,11-12H2,(H,22,23,25,28). The molecule has 1 spiro atoms. The second kappa shape index (κ2) is 6.77. The zero-order valence-corrected chi connectivity index (χ0v) is 17.0. The van der Waals surface area contributed by atoms with Gasteiger partial charge in [0.15, 0.2) is 0 Å². The van der Waals surface area contributed by atoms with E-state index in [-0.39, 0.29) is 29.7 Å². The van der Waals surface area contributed by atoms with E-state index < -0.39 is 0 Å². The van der Waals surface area contributed by atoms with Crippen LogP contribution in [0.3, 0.4) is 0 Å². The van der Waals surface area contributed by atoms with E-state index in [0.717, 1.165) is 22.9 Å². The van der Waals surface area contributed by atoms with Crippen LogP contribution in [0.1, 0.15) is 28.8 Å². The van der Waals surface area contributed by atoms with E-state index in [4.69, 9.17) is 0 Å². The fraction of sp³-hybridized carbons (Fsp3) is 0.250. The topological polar surface area (TPSA) is 93.0 Å². The second-order valence-electron chi connectivity index (χ2n) is 7.40. The number of hydrogen-bond donors (Lipinski definition) is 1. The highest BCUT2D eigenvalue weighted by molar-refractivity contribution is 9.10. The third kappa shape index (κ3) is 3.31. The minimum Gasteiger partial charge on any atom is -0.328 e. The Morgan fingerprint density at radius 2 is 2.03 bits per heavy atom. The lowest BCUT2D eigenvalue weighted by molar-refractivity contribution is -0.117. The molecule has 8 nitrogen and oxygen atoms in total. The summed E-state index contributed by atoms with van der Waals surface area (Å²) in [7, 11) is 0. The van der Waals surface area contributed by atoms with Crippen LogP contribution in [0.5, 0.6) is 0 Å². The molecule has 1 aromatic carbocycles. The first kappa shape index (κ1) is 18.0. The lowest BCUT2D eigenvalue weighted by Gasteiger charge is -2.34. The van der Waals surface area contributed by atoms with Crippen molar-refractivity contribution in [2.45, 2.75) is 18.3 Å². The maximum Gasteiger partial charge on any atom is 0.254 e. The monoisotopic (exact) mass is 452 g/mol. The van der Waals surface area contributed by atoms with Crippen molar-refractivity contribution >= 4 is 33.7 Å². The van der Waals surface area contributed by atoms with Crippen LogP contribution in [0.2, 0.25) is 0 Å². The first-order valence-electron chi connectivity index (χ1n) is 9.25. The summed E-state index contributed by atoms with van der Waals surface area (Å²) in [6.45, 7) is 0.530. The number of nitrogens with zero attached hydrogens (tertiary/aromatic N) is 5. The zero-order valence-electron chi connectivity index (χ0n) is 15.4. The molecule has 29 heavy (non-hydrogen) atoms. The van der Waals surface area contributed by atoms with E-state index in [9.17, 15) is 9.59 Å². The van der Waals surface area contributed by atoms with Gasteiger partial charge in [-0.3, -0.25) is 14.9 Å². The number of anilines is 1. The smallest absolute Gasteiger partial charge is 0.254 e. The lowest BCUT2D eigenvalue weighted by atomic mass is 9.86. The van der Waals surface area contributed by atoms with Crippen molar-refractivity contribution in [1.82, 2.24) is 24.6 Å². The summed E-state index contributed by atoms with van der Waals surface area (Å²) in [6.07, 6.45) is 8.65. The molecule has 3 aromatic rings. The predicted octanol–water partition coefficient (Wildman–Crippen LogP) is 2.55. The van der Waals surface area contributed by atoms with Crippen LogP contribution < -0.4 is 5.32 Å². The Labute approximate surface area is 175 Å². The van der Waals surface area contributed by atoms with Gasteiger partial charge in [-0.25, -0.2) is 14.6 Å². The van der Waals surface area contributed by atoms with Crippen molar-refractivity contribution < 1.29 is 9.59 Å². The van der Waals surface area contributed by atoms with E-state index in [1.807, 2.05) is 18.2 Å². The summed E-state index contributed by atoms with van der Waals surface area (Å²) < 4.78 is 2.60. The summed E-state index contributed by atoms with van der Waals surface area (Å²) in [6, 6.07) is 7.54. The number of rotatable bonds is 4. The van der Waals surface area contributed by atoms with Gasteiger partial charge in [0.05, 0.1) is 12.4 Å². The first-order valence-corrected chi connectivity index (χ1v) is 10.0. The van der Waals surface area contributed by atoms with Gasteiger partial charge in [-0.1, -0.05) is 15.9 Å². The summed E-state index contributed by atoms with van der Waals surface area (Å²) in [5.41, 5.74) is 2.45. The molecule has 2 aromatic heterocycles. The van der Waals surface area contributed by atoms with Gasteiger partial charge in [0.25, 0.3) is 5.91 Å². The number of halogens is 1. The fourth-order valence-corrected chi connectivity index (χ4v) is 4.16. The number of fused-ring (bicyclic) bond motifs is 2. The number of aromatic nitrogens is 4. The number of carbonyl (C=O) groups excluding carboxylic acids is 2. The third-order valence-corrected chi connectivity index (χ3v) is 5.90.